The number of sulfonamides is 1. The molecule has 3 aromatic rings. The monoisotopic (exact) mass is 401 g/mol. The summed E-state index contributed by atoms with van der Waals surface area (Å²) in [6.45, 7) is 0.342. The van der Waals surface area contributed by atoms with Gasteiger partial charge < -0.3 is 5.32 Å². The van der Waals surface area contributed by atoms with Crippen molar-refractivity contribution in [3.63, 3.8) is 0 Å². The zero-order chi connectivity index (χ0) is 18.9. The largest absolute Gasteiger partial charge is 0.301 e. The standard InChI is InChI=1S/C19H19N3O3S2/c23-18(21-19-20-15-10-4-5-12-17(15)26-19)16-11-6-7-13-22(16)27(24,25)14-8-2-1-3-9-14/h1-5,8-10,12,16H,6-7,11,13H2,(H,20,21,23)/t16-/m0/s1. The minimum Gasteiger partial charge on any atom is -0.301 e. The number of amides is 1. The van der Waals surface area contributed by atoms with Crippen molar-refractivity contribution in [2.45, 2.75) is 30.2 Å². The summed E-state index contributed by atoms with van der Waals surface area (Å²) >= 11 is 1.38. The molecule has 1 fully saturated rings. The average molecular weight is 402 g/mol. The number of hydrogen-bond acceptors (Lipinski definition) is 5. The predicted octanol–water partition coefficient (Wildman–Crippen LogP) is 3.48. The number of nitrogens with one attached hydrogen (secondary N) is 1. The van der Waals surface area contributed by atoms with E-state index in [0.717, 1.165) is 23.1 Å². The molecule has 8 heteroatoms. The van der Waals surface area contributed by atoms with E-state index in [4.69, 9.17) is 0 Å². The Morgan fingerprint density at radius 1 is 1.07 bits per heavy atom. The number of hydrogen-bond donors (Lipinski definition) is 1. The summed E-state index contributed by atoms with van der Waals surface area (Å²) in [6, 6.07) is 15.2. The van der Waals surface area contributed by atoms with Crippen LogP contribution in [-0.4, -0.2) is 36.2 Å². The third kappa shape index (κ3) is 3.60. The minimum atomic E-state index is -3.72. The second-order valence-corrected chi connectivity index (χ2v) is 9.34. The number of nitrogens with zero attached hydrogens (tertiary/aromatic N) is 2. The summed E-state index contributed by atoms with van der Waals surface area (Å²) in [5.74, 6) is -0.326. The summed E-state index contributed by atoms with van der Waals surface area (Å²) in [6.07, 6.45) is 2.07. The maximum absolute atomic E-state index is 13.0. The Bertz CT molecular complexity index is 1030. The Hall–Kier alpha value is -2.29. The lowest BCUT2D eigenvalue weighted by molar-refractivity contribution is -0.120. The Kier molecular flexibility index (Phi) is 4.94. The number of carbonyl (C=O) groups is 1. The lowest BCUT2D eigenvalue weighted by atomic mass is 10.0. The molecule has 0 bridgehead atoms. The van der Waals surface area contributed by atoms with Crippen LogP contribution in [0.15, 0.2) is 59.5 Å². The highest BCUT2D eigenvalue weighted by Gasteiger charge is 2.37. The summed E-state index contributed by atoms with van der Waals surface area (Å²) < 4.78 is 28.4. The molecule has 1 N–H and O–H groups in total. The summed E-state index contributed by atoms with van der Waals surface area (Å²) in [5.41, 5.74) is 0.815. The van der Waals surface area contributed by atoms with Gasteiger partial charge in [0.05, 0.1) is 15.1 Å². The lowest BCUT2D eigenvalue weighted by Gasteiger charge is -2.33. The Morgan fingerprint density at radius 2 is 1.81 bits per heavy atom. The van der Waals surface area contributed by atoms with E-state index in [-0.39, 0.29) is 10.8 Å². The molecular weight excluding hydrogens is 382 g/mol. The van der Waals surface area contributed by atoms with Crippen molar-refractivity contribution in [2.75, 3.05) is 11.9 Å². The zero-order valence-electron chi connectivity index (χ0n) is 14.5. The van der Waals surface area contributed by atoms with Gasteiger partial charge in [0.2, 0.25) is 15.9 Å². The highest BCUT2D eigenvalue weighted by molar-refractivity contribution is 7.89. The molecule has 1 atom stereocenters. The molecule has 1 aliphatic rings. The molecule has 1 amide bonds. The van der Waals surface area contributed by atoms with Crippen LogP contribution in [0.5, 0.6) is 0 Å². The molecule has 0 unspecified atom stereocenters. The molecule has 1 aromatic heterocycles. The van der Waals surface area contributed by atoms with Crippen LogP contribution in [0.25, 0.3) is 10.2 Å². The van der Waals surface area contributed by atoms with E-state index in [0.29, 0.717) is 18.1 Å². The second-order valence-electron chi connectivity index (χ2n) is 6.42. The maximum atomic E-state index is 13.0. The third-order valence-corrected chi connectivity index (χ3v) is 7.50. The molecule has 2 aromatic carbocycles. The molecule has 1 saturated heterocycles. The van der Waals surface area contributed by atoms with Crippen molar-refractivity contribution >= 4 is 42.6 Å². The number of fused-ring (bicyclic) bond motifs is 1. The molecular formula is C19H19N3O3S2. The van der Waals surface area contributed by atoms with Crippen LogP contribution in [0.3, 0.4) is 0 Å². The highest BCUT2D eigenvalue weighted by Crippen LogP contribution is 2.29. The first kappa shape index (κ1) is 18.1. The third-order valence-electron chi connectivity index (χ3n) is 4.63. The van der Waals surface area contributed by atoms with E-state index in [1.165, 1.54) is 15.6 Å². The first-order valence-electron chi connectivity index (χ1n) is 8.79. The smallest absolute Gasteiger partial charge is 0.244 e. The van der Waals surface area contributed by atoms with Crippen molar-refractivity contribution in [3.8, 4) is 0 Å². The second kappa shape index (κ2) is 7.38. The van der Waals surface area contributed by atoms with Crippen LogP contribution in [0.1, 0.15) is 19.3 Å². The highest BCUT2D eigenvalue weighted by atomic mass is 32.2. The number of carbonyl (C=O) groups excluding carboxylic acids is 1. The number of anilines is 1. The quantitative estimate of drug-likeness (QED) is 0.726. The molecule has 6 nitrogen and oxygen atoms in total. The molecule has 0 spiro atoms. The van der Waals surface area contributed by atoms with E-state index in [9.17, 15) is 13.2 Å². The SMILES string of the molecule is O=C(Nc1nc2ccccc2s1)[C@@H]1CCCCN1S(=O)(=O)c1ccccc1. The van der Waals surface area contributed by atoms with E-state index >= 15 is 0 Å². The van der Waals surface area contributed by atoms with Gasteiger partial charge in [-0.2, -0.15) is 4.31 Å². The van der Waals surface area contributed by atoms with Gasteiger partial charge in [-0.3, -0.25) is 4.79 Å². The van der Waals surface area contributed by atoms with Gasteiger partial charge in [0.25, 0.3) is 0 Å². The van der Waals surface area contributed by atoms with Crippen LogP contribution in [-0.2, 0) is 14.8 Å². The van der Waals surface area contributed by atoms with Crippen LogP contribution in [0, 0.1) is 0 Å². The number of aromatic nitrogens is 1. The molecule has 1 aliphatic heterocycles. The molecule has 0 aliphatic carbocycles. The van der Waals surface area contributed by atoms with Gasteiger partial charge in [0.1, 0.15) is 6.04 Å². The predicted molar refractivity (Wildman–Crippen MR) is 106 cm³/mol. The summed E-state index contributed by atoms with van der Waals surface area (Å²) in [4.78, 5) is 17.5. The number of para-hydroxylation sites is 1. The van der Waals surface area contributed by atoms with Gasteiger partial charge in [0, 0.05) is 6.54 Å². The van der Waals surface area contributed by atoms with Crippen molar-refractivity contribution in [2.24, 2.45) is 0 Å². The lowest BCUT2D eigenvalue weighted by Crippen LogP contribution is -2.49. The molecule has 0 radical (unpaired) electrons. The number of thiazole rings is 1. The van der Waals surface area contributed by atoms with Gasteiger partial charge in [-0.15, -0.1) is 0 Å². The van der Waals surface area contributed by atoms with Crippen LogP contribution in [0.4, 0.5) is 5.13 Å². The molecule has 2 heterocycles. The summed E-state index contributed by atoms with van der Waals surface area (Å²) in [7, 11) is -3.72. The molecule has 4 rings (SSSR count). The Balaban J connectivity index is 1.59. The van der Waals surface area contributed by atoms with Gasteiger partial charge >= 0.3 is 0 Å². The average Bonchev–Trinajstić information content (AvgIpc) is 3.11. The fraction of sp³-hybridized carbons (Fsp3) is 0.263. The topological polar surface area (TPSA) is 79.4 Å². The van der Waals surface area contributed by atoms with Gasteiger partial charge in [-0.1, -0.05) is 48.1 Å². The van der Waals surface area contributed by atoms with Crippen molar-refractivity contribution in [3.05, 3.63) is 54.6 Å². The van der Waals surface area contributed by atoms with E-state index in [1.807, 2.05) is 24.3 Å². The normalized spacial score (nSPS) is 18.4. The number of rotatable bonds is 4. The van der Waals surface area contributed by atoms with Crippen LogP contribution in [0.2, 0.25) is 0 Å². The zero-order valence-corrected chi connectivity index (χ0v) is 16.2. The van der Waals surface area contributed by atoms with Gasteiger partial charge in [-0.25, -0.2) is 13.4 Å². The first-order valence-corrected chi connectivity index (χ1v) is 11.0. The first-order chi connectivity index (χ1) is 13.1. The van der Waals surface area contributed by atoms with E-state index in [1.54, 1.807) is 30.3 Å². The summed E-state index contributed by atoms with van der Waals surface area (Å²) in [5, 5.41) is 3.31. The molecule has 0 saturated carbocycles. The fourth-order valence-corrected chi connectivity index (χ4v) is 5.84. The van der Waals surface area contributed by atoms with Gasteiger partial charge in [0.15, 0.2) is 5.13 Å². The molecule has 140 valence electrons. The molecule has 27 heavy (non-hydrogen) atoms. The number of piperidine rings is 1. The van der Waals surface area contributed by atoms with Crippen molar-refractivity contribution in [1.82, 2.24) is 9.29 Å². The van der Waals surface area contributed by atoms with Crippen LogP contribution < -0.4 is 5.32 Å². The van der Waals surface area contributed by atoms with Crippen LogP contribution >= 0.6 is 11.3 Å². The van der Waals surface area contributed by atoms with Crippen molar-refractivity contribution in [1.29, 1.82) is 0 Å². The fourth-order valence-electron chi connectivity index (χ4n) is 3.30. The maximum Gasteiger partial charge on any atom is 0.244 e. The van der Waals surface area contributed by atoms with E-state index in [2.05, 4.69) is 10.3 Å². The van der Waals surface area contributed by atoms with Gasteiger partial charge in [-0.05, 0) is 37.1 Å². The van der Waals surface area contributed by atoms with E-state index < -0.39 is 16.1 Å². The van der Waals surface area contributed by atoms with Crippen molar-refractivity contribution < 1.29 is 13.2 Å². The minimum absolute atomic E-state index is 0.213. The Morgan fingerprint density at radius 3 is 2.59 bits per heavy atom. The Labute approximate surface area is 161 Å². The number of benzene rings is 2.